The van der Waals surface area contributed by atoms with Crippen LogP contribution in [0.3, 0.4) is 0 Å². The Morgan fingerprint density at radius 2 is 1.90 bits per heavy atom. The third-order valence-electron chi connectivity index (χ3n) is 5.12. The van der Waals surface area contributed by atoms with Gasteiger partial charge in [0.1, 0.15) is 17.2 Å². The number of anilines is 1. The predicted molar refractivity (Wildman–Crippen MR) is 114 cm³/mol. The van der Waals surface area contributed by atoms with Gasteiger partial charge in [-0.2, -0.15) is 0 Å². The average molecular weight is 432 g/mol. The summed E-state index contributed by atoms with van der Waals surface area (Å²) in [6, 6.07) is 10.7. The Bertz CT molecular complexity index is 1000. The highest BCUT2D eigenvalue weighted by Gasteiger charge is 2.21. The zero-order valence-electron chi connectivity index (χ0n) is 16.5. The topological polar surface area (TPSA) is 45.7 Å². The highest BCUT2D eigenvalue weighted by Crippen LogP contribution is 2.30. The molecule has 2 aromatic carbocycles. The number of fused-ring (bicyclic) bond motifs is 1. The van der Waals surface area contributed by atoms with Crippen molar-refractivity contribution in [1.29, 1.82) is 0 Å². The van der Waals surface area contributed by atoms with Gasteiger partial charge in [-0.1, -0.05) is 29.5 Å². The first kappa shape index (κ1) is 20.8. The average Bonchev–Trinajstić information content (AvgIpc) is 3.19. The number of para-hydroxylation sites is 1. The molecule has 8 heteroatoms. The molecule has 5 nitrogen and oxygen atoms in total. The summed E-state index contributed by atoms with van der Waals surface area (Å²) in [5.41, 5.74) is 1.01. The van der Waals surface area contributed by atoms with Crippen LogP contribution in [0, 0.1) is 11.6 Å². The smallest absolute Gasteiger partial charge is 0.233 e. The van der Waals surface area contributed by atoms with Gasteiger partial charge in [0, 0.05) is 26.2 Å². The van der Waals surface area contributed by atoms with Crippen LogP contribution in [0.25, 0.3) is 10.2 Å². The van der Waals surface area contributed by atoms with E-state index >= 15 is 0 Å². The van der Waals surface area contributed by atoms with Gasteiger partial charge in [0.15, 0.2) is 5.13 Å². The lowest BCUT2D eigenvalue weighted by Gasteiger charge is -2.27. The van der Waals surface area contributed by atoms with E-state index < -0.39 is 5.82 Å². The Kier molecular flexibility index (Phi) is 6.66. The molecule has 0 unspecified atom stereocenters. The second kappa shape index (κ2) is 9.59. The van der Waals surface area contributed by atoms with Crippen LogP contribution in [0.2, 0.25) is 0 Å². The normalized spacial score (nSPS) is 14.9. The lowest BCUT2D eigenvalue weighted by atomic mass is 10.1. The molecular formula is C22H23F2N3O2S. The number of morpholine rings is 1. The molecule has 30 heavy (non-hydrogen) atoms. The van der Waals surface area contributed by atoms with Gasteiger partial charge in [-0.05, 0) is 36.2 Å². The Balaban J connectivity index is 1.52. The zero-order valence-corrected chi connectivity index (χ0v) is 17.3. The zero-order chi connectivity index (χ0) is 20.9. The number of amides is 1. The predicted octanol–water partition coefficient (Wildman–Crippen LogP) is 3.87. The van der Waals surface area contributed by atoms with Crippen LogP contribution in [0.1, 0.15) is 12.0 Å². The van der Waals surface area contributed by atoms with Crippen molar-refractivity contribution in [2.45, 2.75) is 12.8 Å². The van der Waals surface area contributed by atoms with Crippen molar-refractivity contribution in [3.63, 3.8) is 0 Å². The fourth-order valence-electron chi connectivity index (χ4n) is 3.50. The monoisotopic (exact) mass is 431 g/mol. The number of halogens is 2. The van der Waals surface area contributed by atoms with Crippen molar-refractivity contribution < 1.29 is 18.3 Å². The molecular weight excluding hydrogens is 408 g/mol. The third-order valence-corrected chi connectivity index (χ3v) is 6.16. The van der Waals surface area contributed by atoms with E-state index in [4.69, 9.17) is 4.74 Å². The van der Waals surface area contributed by atoms with E-state index in [0.717, 1.165) is 44.8 Å². The molecule has 1 aliphatic heterocycles. The number of nitrogens with zero attached hydrogens (tertiary/aromatic N) is 3. The van der Waals surface area contributed by atoms with Gasteiger partial charge in [-0.3, -0.25) is 14.6 Å². The molecule has 158 valence electrons. The van der Waals surface area contributed by atoms with Crippen LogP contribution in [-0.4, -0.2) is 55.2 Å². The van der Waals surface area contributed by atoms with Gasteiger partial charge < -0.3 is 4.74 Å². The Hall–Kier alpha value is -2.42. The first-order valence-corrected chi connectivity index (χ1v) is 10.8. The molecule has 4 rings (SSSR count). The molecule has 3 aromatic rings. The number of rotatable bonds is 7. The van der Waals surface area contributed by atoms with Gasteiger partial charge in [0.2, 0.25) is 5.91 Å². The Labute approximate surface area is 177 Å². The minimum absolute atomic E-state index is 0.135. The van der Waals surface area contributed by atoms with Crippen LogP contribution >= 0.6 is 11.3 Å². The summed E-state index contributed by atoms with van der Waals surface area (Å²) in [7, 11) is 0. The van der Waals surface area contributed by atoms with Crippen LogP contribution < -0.4 is 4.90 Å². The summed E-state index contributed by atoms with van der Waals surface area (Å²) < 4.78 is 33.4. The number of carbonyl (C=O) groups is 1. The quantitative estimate of drug-likeness (QED) is 0.570. The van der Waals surface area contributed by atoms with Crippen molar-refractivity contribution in [3.8, 4) is 0 Å². The second-order valence-electron chi connectivity index (χ2n) is 7.24. The van der Waals surface area contributed by atoms with Crippen molar-refractivity contribution in [2.75, 3.05) is 44.3 Å². The highest BCUT2D eigenvalue weighted by molar-refractivity contribution is 7.22. The van der Waals surface area contributed by atoms with Crippen molar-refractivity contribution >= 4 is 32.6 Å². The van der Waals surface area contributed by atoms with Crippen LogP contribution in [-0.2, 0) is 16.0 Å². The third kappa shape index (κ3) is 5.00. The minimum atomic E-state index is -0.394. The Morgan fingerprint density at radius 1 is 1.13 bits per heavy atom. The van der Waals surface area contributed by atoms with Gasteiger partial charge in [-0.25, -0.2) is 13.8 Å². The van der Waals surface area contributed by atoms with E-state index in [1.807, 2.05) is 0 Å². The number of aromatic nitrogens is 1. The molecule has 0 aliphatic carbocycles. The first-order valence-electron chi connectivity index (χ1n) is 10.00. The van der Waals surface area contributed by atoms with E-state index in [1.165, 1.54) is 29.5 Å². The molecule has 1 aromatic heterocycles. The number of ether oxygens (including phenoxy) is 1. The standard InChI is InChI=1S/C22H23F2N3O2S/c23-17-7-5-16(6-8-17)15-20(28)27(10-2-9-26-11-13-29-14-12-26)22-25-21-18(24)3-1-4-19(21)30-22/h1,3-8H,2,9-15H2. The minimum Gasteiger partial charge on any atom is -0.379 e. The molecule has 0 bridgehead atoms. The molecule has 0 radical (unpaired) electrons. The summed E-state index contributed by atoms with van der Waals surface area (Å²) in [5.74, 6) is -0.868. The summed E-state index contributed by atoms with van der Waals surface area (Å²) in [5, 5.41) is 0.490. The second-order valence-corrected chi connectivity index (χ2v) is 8.25. The summed E-state index contributed by atoms with van der Waals surface area (Å²) in [6.07, 6.45) is 0.907. The maximum absolute atomic E-state index is 14.1. The number of thiazole rings is 1. The van der Waals surface area contributed by atoms with Crippen LogP contribution in [0.15, 0.2) is 42.5 Å². The van der Waals surface area contributed by atoms with E-state index in [2.05, 4.69) is 9.88 Å². The number of benzene rings is 2. The molecule has 0 spiro atoms. The molecule has 1 amide bonds. The molecule has 1 saturated heterocycles. The van der Waals surface area contributed by atoms with Crippen LogP contribution in [0.4, 0.5) is 13.9 Å². The van der Waals surface area contributed by atoms with Crippen LogP contribution in [0.5, 0.6) is 0 Å². The van der Waals surface area contributed by atoms with E-state index in [1.54, 1.807) is 29.2 Å². The fourth-order valence-corrected chi connectivity index (χ4v) is 4.52. The van der Waals surface area contributed by atoms with Gasteiger partial charge in [0.05, 0.1) is 24.3 Å². The molecule has 1 aliphatic rings. The van der Waals surface area contributed by atoms with Gasteiger partial charge in [0.25, 0.3) is 0 Å². The molecule has 0 N–H and O–H groups in total. The Morgan fingerprint density at radius 3 is 2.63 bits per heavy atom. The number of carbonyl (C=O) groups excluding carboxylic acids is 1. The largest absolute Gasteiger partial charge is 0.379 e. The van der Waals surface area contributed by atoms with Crippen molar-refractivity contribution in [2.24, 2.45) is 0 Å². The fraction of sp³-hybridized carbons (Fsp3) is 0.364. The van der Waals surface area contributed by atoms with Crippen molar-refractivity contribution in [1.82, 2.24) is 9.88 Å². The number of hydrogen-bond donors (Lipinski definition) is 0. The van der Waals surface area contributed by atoms with Gasteiger partial charge >= 0.3 is 0 Å². The summed E-state index contributed by atoms with van der Waals surface area (Å²) in [4.78, 5) is 21.5. The maximum atomic E-state index is 14.1. The maximum Gasteiger partial charge on any atom is 0.233 e. The van der Waals surface area contributed by atoms with E-state index in [9.17, 15) is 13.6 Å². The molecule has 1 fully saturated rings. The SMILES string of the molecule is O=C(Cc1ccc(F)cc1)N(CCCN1CCOCC1)c1nc2c(F)cccc2s1. The number of hydrogen-bond acceptors (Lipinski definition) is 5. The molecule has 0 atom stereocenters. The summed E-state index contributed by atoms with van der Waals surface area (Å²) >= 11 is 1.31. The first-order chi connectivity index (χ1) is 14.6. The van der Waals surface area contributed by atoms with E-state index in [-0.39, 0.29) is 23.7 Å². The lowest BCUT2D eigenvalue weighted by molar-refractivity contribution is -0.118. The van der Waals surface area contributed by atoms with E-state index in [0.29, 0.717) is 16.4 Å². The lowest BCUT2D eigenvalue weighted by Crippen LogP contribution is -2.39. The highest BCUT2D eigenvalue weighted by atomic mass is 32.1. The van der Waals surface area contributed by atoms with Crippen molar-refractivity contribution in [3.05, 3.63) is 59.7 Å². The summed E-state index contributed by atoms with van der Waals surface area (Å²) in [6.45, 7) is 4.56. The molecule has 2 heterocycles. The van der Waals surface area contributed by atoms with Gasteiger partial charge in [-0.15, -0.1) is 0 Å². The molecule has 0 saturated carbocycles.